The van der Waals surface area contributed by atoms with Crippen molar-refractivity contribution in [3.63, 3.8) is 0 Å². The molecule has 1 aromatic carbocycles. The molecule has 2 N–H and O–H groups in total. The average Bonchev–Trinajstić information content (AvgIpc) is 3.09. The van der Waals surface area contributed by atoms with Crippen LogP contribution in [-0.2, 0) is 4.79 Å². The summed E-state index contributed by atoms with van der Waals surface area (Å²) in [5.41, 5.74) is 2.13. The zero-order chi connectivity index (χ0) is 16.2. The number of carbonyl (C=O) groups is 1. The van der Waals surface area contributed by atoms with Gasteiger partial charge in [-0.05, 0) is 57.0 Å². The van der Waals surface area contributed by atoms with E-state index in [0.29, 0.717) is 6.04 Å². The maximum Gasteiger partial charge on any atom is 0.223 e. The molecular formula is C18H25ClN4O. The predicted octanol–water partition coefficient (Wildman–Crippen LogP) is 2.86. The Morgan fingerprint density at radius 1 is 1.38 bits per heavy atom. The molecule has 3 rings (SSSR count). The average molecular weight is 349 g/mol. The van der Waals surface area contributed by atoms with Crippen molar-refractivity contribution in [2.75, 3.05) is 6.54 Å². The summed E-state index contributed by atoms with van der Waals surface area (Å²) in [4.78, 5) is 12.4. The summed E-state index contributed by atoms with van der Waals surface area (Å²) in [6.45, 7) is 5.09. The van der Waals surface area contributed by atoms with Crippen LogP contribution < -0.4 is 10.6 Å². The molecule has 130 valence electrons. The summed E-state index contributed by atoms with van der Waals surface area (Å²) in [7, 11) is 0. The summed E-state index contributed by atoms with van der Waals surface area (Å²) in [6.07, 6.45) is 5.51. The number of hydrogen-bond acceptors (Lipinski definition) is 3. The van der Waals surface area contributed by atoms with Gasteiger partial charge in [-0.25, -0.2) is 4.68 Å². The molecular weight excluding hydrogens is 324 g/mol. The van der Waals surface area contributed by atoms with Gasteiger partial charge in [0.2, 0.25) is 5.91 Å². The van der Waals surface area contributed by atoms with E-state index in [1.165, 1.54) is 0 Å². The Hall–Kier alpha value is -1.85. The molecule has 0 bridgehead atoms. The first-order valence-electron chi connectivity index (χ1n) is 8.27. The van der Waals surface area contributed by atoms with Gasteiger partial charge in [-0.2, -0.15) is 5.10 Å². The Morgan fingerprint density at radius 2 is 2.12 bits per heavy atom. The van der Waals surface area contributed by atoms with Crippen molar-refractivity contribution < 1.29 is 4.79 Å². The molecule has 1 aliphatic heterocycles. The van der Waals surface area contributed by atoms with Gasteiger partial charge in [0.1, 0.15) is 0 Å². The summed E-state index contributed by atoms with van der Waals surface area (Å²) in [5.74, 6) is 0.291. The zero-order valence-corrected chi connectivity index (χ0v) is 14.9. The third-order valence-corrected chi connectivity index (χ3v) is 4.52. The first kappa shape index (κ1) is 18.5. The second-order valence-electron chi connectivity index (χ2n) is 6.35. The normalized spacial score (nSPS) is 21.6. The molecule has 0 aliphatic carbocycles. The van der Waals surface area contributed by atoms with Crippen LogP contribution in [0.2, 0.25) is 0 Å². The third kappa shape index (κ3) is 4.36. The molecule has 3 atom stereocenters. The van der Waals surface area contributed by atoms with E-state index < -0.39 is 0 Å². The number of nitrogens with zero attached hydrogens (tertiary/aromatic N) is 2. The number of benzene rings is 1. The monoisotopic (exact) mass is 348 g/mol. The fourth-order valence-electron chi connectivity index (χ4n) is 3.12. The van der Waals surface area contributed by atoms with Crippen molar-refractivity contribution in [1.29, 1.82) is 0 Å². The number of carbonyl (C=O) groups excluding carboxylic acids is 1. The highest BCUT2D eigenvalue weighted by molar-refractivity contribution is 5.85. The molecule has 2 heterocycles. The van der Waals surface area contributed by atoms with E-state index in [0.717, 1.165) is 30.6 Å². The Kier molecular flexibility index (Phi) is 6.40. The first-order chi connectivity index (χ1) is 11.1. The molecule has 1 amide bonds. The van der Waals surface area contributed by atoms with Crippen LogP contribution >= 0.6 is 12.4 Å². The second kappa shape index (κ2) is 8.31. The number of aromatic nitrogens is 2. The molecule has 5 nitrogen and oxygen atoms in total. The summed E-state index contributed by atoms with van der Waals surface area (Å²) < 4.78 is 1.82. The number of piperidine rings is 1. The molecule has 2 aromatic rings. The van der Waals surface area contributed by atoms with E-state index in [4.69, 9.17) is 0 Å². The molecule has 0 spiro atoms. The molecule has 1 saturated heterocycles. The highest BCUT2D eigenvalue weighted by Gasteiger charge is 2.25. The first-order valence-corrected chi connectivity index (χ1v) is 8.27. The Labute approximate surface area is 149 Å². The van der Waals surface area contributed by atoms with Crippen LogP contribution in [0.5, 0.6) is 0 Å². The molecule has 0 radical (unpaired) electrons. The minimum Gasteiger partial charge on any atom is -0.349 e. The van der Waals surface area contributed by atoms with E-state index in [2.05, 4.69) is 22.7 Å². The predicted molar refractivity (Wildman–Crippen MR) is 97.6 cm³/mol. The quantitative estimate of drug-likeness (QED) is 0.893. The van der Waals surface area contributed by atoms with Gasteiger partial charge in [0.05, 0.1) is 11.7 Å². The van der Waals surface area contributed by atoms with E-state index in [1.807, 2.05) is 48.1 Å². The minimum absolute atomic E-state index is 0. The molecule has 1 unspecified atom stereocenters. The maximum atomic E-state index is 12.4. The van der Waals surface area contributed by atoms with Crippen molar-refractivity contribution in [3.8, 4) is 5.69 Å². The fraction of sp³-hybridized carbons (Fsp3) is 0.444. The summed E-state index contributed by atoms with van der Waals surface area (Å²) in [5, 5.41) is 10.8. The van der Waals surface area contributed by atoms with Crippen molar-refractivity contribution in [2.24, 2.45) is 5.92 Å². The van der Waals surface area contributed by atoms with Crippen molar-refractivity contribution in [2.45, 2.75) is 38.8 Å². The Balaban J connectivity index is 0.00000208. The van der Waals surface area contributed by atoms with Gasteiger partial charge < -0.3 is 10.6 Å². The molecule has 24 heavy (non-hydrogen) atoms. The van der Waals surface area contributed by atoms with Gasteiger partial charge in [-0.15, -0.1) is 12.4 Å². The fourth-order valence-corrected chi connectivity index (χ4v) is 3.12. The van der Waals surface area contributed by atoms with Crippen molar-refractivity contribution in [3.05, 3.63) is 48.3 Å². The summed E-state index contributed by atoms with van der Waals surface area (Å²) >= 11 is 0. The molecule has 0 saturated carbocycles. The van der Waals surface area contributed by atoms with Crippen LogP contribution in [0.3, 0.4) is 0 Å². The van der Waals surface area contributed by atoms with Gasteiger partial charge in [0.25, 0.3) is 0 Å². The van der Waals surface area contributed by atoms with Crippen molar-refractivity contribution >= 4 is 18.3 Å². The van der Waals surface area contributed by atoms with Crippen LogP contribution in [0.4, 0.5) is 0 Å². The smallest absolute Gasteiger partial charge is 0.223 e. The van der Waals surface area contributed by atoms with E-state index in [-0.39, 0.29) is 30.3 Å². The lowest BCUT2D eigenvalue weighted by atomic mass is 9.92. The standard InChI is InChI=1S/C18H24N4O.ClH/c1-13-12-16(8-10-19-13)18(23)21-14(2)15-4-6-17(7-5-15)22-11-3-9-20-22;/h3-7,9,11,13-14,16,19H,8,10,12H2,1-2H3,(H,21,23);1H/t13-,14?,16-;/m0./s1. The van der Waals surface area contributed by atoms with Crippen LogP contribution in [0.25, 0.3) is 5.69 Å². The van der Waals surface area contributed by atoms with Gasteiger partial charge >= 0.3 is 0 Å². The van der Waals surface area contributed by atoms with E-state index in [1.54, 1.807) is 6.20 Å². The van der Waals surface area contributed by atoms with Gasteiger partial charge in [0, 0.05) is 24.4 Å². The highest BCUT2D eigenvalue weighted by atomic mass is 35.5. The SMILES string of the molecule is CC(NC(=O)[C@H]1CCN[C@@H](C)C1)c1ccc(-n2cccn2)cc1.Cl. The largest absolute Gasteiger partial charge is 0.349 e. The van der Waals surface area contributed by atoms with E-state index in [9.17, 15) is 4.79 Å². The lowest BCUT2D eigenvalue weighted by molar-refractivity contribution is -0.126. The molecule has 1 fully saturated rings. The number of hydrogen-bond donors (Lipinski definition) is 2. The van der Waals surface area contributed by atoms with Crippen LogP contribution in [-0.4, -0.2) is 28.3 Å². The lowest BCUT2D eigenvalue weighted by Gasteiger charge is -2.28. The summed E-state index contributed by atoms with van der Waals surface area (Å²) in [6, 6.07) is 10.5. The van der Waals surface area contributed by atoms with Crippen molar-refractivity contribution in [1.82, 2.24) is 20.4 Å². The molecule has 1 aromatic heterocycles. The highest BCUT2D eigenvalue weighted by Crippen LogP contribution is 2.20. The van der Waals surface area contributed by atoms with Gasteiger partial charge in [-0.1, -0.05) is 12.1 Å². The molecule has 6 heteroatoms. The van der Waals surface area contributed by atoms with Gasteiger partial charge in [0.15, 0.2) is 0 Å². The van der Waals surface area contributed by atoms with Crippen LogP contribution in [0.15, 0.2) is 42.7 Å². The van der Waals surface area contributed by atoms with Gasteiger partial charge in [-0.3, -0.25) is 4.79 Å². The minimum atomic E-state index is 0. The number of nitrogens with one attached hydrogen (secondary N) is 2. The molecule has 1 aliphatic rings. The Bertz CT molecular complexity index is 642. The second-order valence-corrected chi connectivity index (χ2v) is 6.35. The number of rotatable bonds is 4. The zero-order valence-electron chi connectivity index (χ0n) is 14.1. The van der Waals surface area contributed by atoms with Crippen LogP contribution in [0.1, 0.15) is 38.3 Å². The number of halogens is 1. The number of amides is 1. The third-order valence-electron chi connectivity index (χ3n) is 4.52. The Morgan fingerprint density at radius 3 is 2.75 bits per heavy atom. The topological polar surface area (TPSA) is 59.0 Å². The lowest BCUT2D eigenvalue weighted by Crippen LogP contribution is -2.42. The van der Waals surface area contributed by atoms with E-state index >= 15 is 0 Å². The maximum absolute atomic E-state index is 12.4. The van der Waals surface area contributed by atoms with Crippen LogP contribution in [0, 0.1) is 5.92 Å².